The van der Waals surface area contributed by atoms with E-state index in [-0.39, 0.29) is 11.3 Å². The average Bonchev–Trinajstić information content (AvgIpc) is 2.82. The Morgan fingerprint density at radius 2 is 1.75 bits per heavy atom. The normalized spacial score (nSPS) is 16.2. The average molecular weight is 512 g/mol. The van der Waals surface area contributed by atoms with E-state index in [1.165, 1.54) is 25.6 Å². The molecule has 11 heteroatoms. The molecule has 1 unspecified atom stereocenters. The number of halogens is 2. The zero-order valence-electron chi connectivity index (χ0n) is 16.9. The van der Waals surface area contributed by atoms with E-state index in [1.807, 2.05) is 24.3 Å². The van der Waals surface area contributed by atoms with Gasteiger partial charge in [-0.2, -0.15) is 0 Å². The highest BCUT2D eigenvalue weighted by molar-refractivity contribution is 9.10. The Bertz CT molecular complexity index is 1060. The maximum absolute atomic E-state index is 14.8. The molecular formula is C21H23BrFN3O6. The fraction of sp³-hybridized carbons (Fsp3) is 0.333. The zero-order chi connectivity index (χ0) is 23.4. The lowest BCUT2D eigenvalue weighted by Gasteiger charge is -2.27. The molecule has 0 bridgehead atoms. The number of anilines is 2. The monoisotopic (exact) mass is 511 g/mol. The second kappa shape index (κ2) is 10.5. The summed E-state index contributed by atoms with van der Waals surface area (Å²) >= 11 is 3.37. The third-order valence-electron chi connectivity index (χ3n) is 4.97. The minimum atomic E-state index is -2.39. The van der Waals surface area contributed by atoms with E-state index in [4.69, 9.17) is 9.84 Å². The van der Waals surface area contributed by atoms with E-state index in [9.17, 15) is 24.8 Å². The smallest absolute Gasteiger partial charge is 0.159 e. The van der Waals surface area contributed by atoms with Crippen LogP contribution in [-0.2, 0) is 0 Å². The van der Waals surface area contributed by atoms with Gasteiger partial charge < -0.3 is 35.6 Å². The van der Waals surface area contributed by atoms with Crippen molar-refractivity contribution in [3.63, 3.8) is 0 Å². The largest absolute Gasteiger partial charge is 0.496 e. The van der Waals surface area contributed by atoms with Crippen molar-refractivity contribution in [2.45, 2.75) is 30.6 Å². The van der Waals surface area contributed by atoms with Crippen LogP contribution in [0.4, 0.5) is 15.9 Å². The number of methoxy groups -OCH3 is 1. The lowest BCUT2D eigenvalue weighted by Crippen LogP contribution is -2.46. The molecule has 1 heterocycles. The number of nitrogens with zero attached hydrogens (tertiary/aromatic N) is 2. The first-order chi connectivity index (χ1) is 15.3. The summed E-state index contributed by atoms with van der Waals surface area (Å²) in [6, 6.07) is 10.3. The second-order valence-corrected chi connectivity index (χ2v) is 8.00. The molecule has 2 aromatic carbocycles. The summed E-state index contributed by atoms with van der Waals surface area (Å²) in [5.74, 6) is 0.556. The molecule has 9 nitrogen and oxygen atoms in total. The quantitative estimate of drug-likeness (QED) is 0.252. The van der Waals surface area contributed by atoms with Gasteiger partial charge in [0, 0.05) is 21.1 Å². The van der Waals surface area contributed by atoms with Crippen molar-refractivity contribution in [2.75, 3.05) is 19.0 Å². The van der Waals surface area contributed by atoms with Crippen molar-refractivity contribution in [2.24, 2.45) is 0 Å². The number of fused-ring (bicyclic) bond motifs is 1. The summed E-state index contributed by atoms with van der Waals surface area (Å²) in [5, 5.41) is 52.3. The Kier molecular flexibility index (Phi) is 7.93. The number of rotatable bonds is 9. The van der Waals surface area contributed by atoms with E-state index >= 15 is 0 Å². The van der Waals surface area contributed by atoms with Gasteiger partial charge in [-0.3, -0.25) is 0 Å². The van der Waals surface area contributed by atoms with Gasteiger partial charge in [0.05, 0.1) is 19.2 Å². The van der Waals surface area contributed by atoms with E-state index in [2.05, 4.69) is 31.2 Å². The van der Waals surface area contributed by atoms with Gasteiger partial charge in [-0.1, -0.05) is 15.9 Å². The van der Waals surface area contributed by atoms with Crippen molar-refractivity contribution < 1.29 is 34.7 Å². The lowest BCUT2D eigenvalue weighted by atomic mass is 9.95. The molecule has 6 N–H and O–H groups in total. The Hall–Kier alpha value is -2.41. The van der Waals surface area contributed by atoms with Gasteiger partial charge >= 0.3 is 0 Å². The third-order valence-corrected chi connectivity index (χ3v) is 5.50. The summed E-state index contributed by atoms with van der Waals surface area (Å²) in [7, 11) is 1.33. The van der Waals surface area contributed by atoms with Crippen LogP contribution in [0.15, 0.2) is 47.2 Å². The van der Waals surface area contributed by atoms with Crippen molar-refractivity contribution in [3.8, 4) is 5.75 Å². The molecule has 3 aromatic rings. The molecule has 5 atom stereocenters. The molecule has 0 amide bonds. The fourth-order valence-corrected chi connectivity index (χ4v) is 3.42. The molecule has 0 aliphatic rings. The number of aromatic nitrogens is 2. The number of benzene rings is 2. The summed E-state index contributed by atoms with van der Waals surface area (Å²) in [5.41, 5.74) is 1.11. The molecule has 0 fully saturated rings. The second-order valence-electron chi connectivity index (χ2n) is 7.09. The van der Waals surface area contributed by atoms with Crippen LogP contribution < -0.4 is 10.1 Å². The summed E-state index contributed by atoms with van der Waals surface area (Å²) < 4.78 is 21.0. The van der Waals surface area contributed by atoms with Gasteiger partial charge in [-0.15, -0.1) is 0 Å². The molecule has 0 saturated heterocycles. The van der Waals surface area contributed by atoms with Crippen LogP contribution >= 0.6 is 15.9 Å². The minimum Gasteiger partial charge on any atom is -0.496 e. The van der Waals surface area contributed by atoms with Crippen LogP contribution in [0.3, 0.4) is 0 Å². The molecule has 32 heavy (non-hydrogen) atoms. The first-order valence-electron chi connectivity index (χ1n) is 9.59. The van der Waals surface area contributed by atoms with Gasteiger partial charge in [0.25, 0.3) is 0 Å². The first-order valence-corrected chi connectivity index (χ1v) is 10.4. The van der Waals surface area contributed by atoms with Gasteiger partial charge in [-0.25, -0.2) is 14.4 Å². The number of aliphatic hydroxyl groups is 5. The van der Waals surface area contributed by atoms with Crippen LogP contribution in [-0.4, -0.2) is 73.7 Å². The van der Waals surface area contributed by atoms with Crippen LogP contribution in [0.2, 0.25) is 0 Å². The van der Waals surface area contributed by atoms with E-state index in [1.54, 1.807) is 0 Å². The highest BCUT2D eigenvalue weighted by atomic mass is 79.9. The van der Waals surface area contributed by atoms with E-state index in [0.29, 0.717) is 16.7 Å². The standard InChI is InChI=1S/C21H23BrFN3O6/c1-32-16-7-12-14(24-9-25-21(12)26-11-4-2-10(22)3-5-11)6-13(16)18(29)17(23)20(31)19(30)15(28)8-27/h2-7,9,15,17-20,27-31H,8H2,1H3,(H,24,25,26)/t15-,17-,18?,19+,20+/m1/s1. The van der Waals surface area contributed by atoms with Crippen LogP contribution in [0.1, 0.15) is 11.7 Å². The summed E-state index contributed by atoms with van der Waals surface area (Å²) in [6.07, 6.45) is -8.93. The van der Waals surface area contributed by atoms with Gasteiger partial charge in [0.2, 0.25) is 0 Å². The molecule has 0 radical (unpaired) electrons. The third kappa shape index (κ3) is 5.14. The maximum Gasteiger partial charge on any atom is 0.159 e. The molecule has 0 saturated carbocycles. The predicted molar refractivity (Wildman–Crippen MR) is 118 cm³/mol. The van der Waals surface area contributed by atoms with Gasteiger partial charge in [0.15, 0.2) is 6.17 Å². The van der Waals surface area contributed by atoms with Crippen molar-refractivity contribution >= 4 is 38.3 Å². The van der Waals surface area contributed by atoms with E-state index in [0.717, 1.165) is 10.2 Å². The molecule has 0 aliphatic carbocycles. The first kappa shape index (κ1) is 24.2. The predicted octanol–water partition coefficient (Wildman–Crippen LogP) is 1.59. The van der Waals surface area contributed by atoms with Gasteiger partial charge in [-0.05, 0) is 36.4 Å². The Morgan fingerprint density at radius 3 is 2.38 bits per heavy atom. The minimum absolute atomic E-state index is 0.0227. The Morgan fingerprint density at radius 1 is 1.06 bits per heavy atom. The number of ether oxygens (including phenoxy) is 1. The van der Waals surface area contributed by atoms with Crippen molar-refractivity contribution in [1.29, 1.82) is 0 Å². The number of hydrogen-bond donors (Lipinski definition) is 6. The van der Waals surface area contributed by atoms with Crippen molar-refractivity contribution in [1.82, 2.24) is 9.97 Å². The topological polar surface area (TPSA) is 148 Å². The Balaban J connectivity index is 1.95. The molecular weight excluding hydrogens is 489 g/mol. The SMILES string of the molecule is COc1cc2c(Nc3ccc(Br)cc3)ncnc2cc1C(O)[C@@H](F)[C@H](O)[C@@H](O)[C@H](O)CO. The van der Waals surface area contributed by atoms with Crippen LogP contribution in [0.25, 0.3) is 10.9 Å². The van der Waals surface area contributed by atoms with E-state index < -0.39 is 37.2 Å². The number of aliphatic hydroxyl groups excluding tert-OH is 5. The summed E-state index contributed by atoms with van der Waals surface area (Å²) in [6.45, 7) is -0.884. The lowest BCUT2D eigenvalue weighted by molar-refractivity contribution is -0.119. The molecule has 172 valence electrons. The molecule has 0 spiro atoms. The van der Waals surface area contributed by atoms with Crippen molar-refractivity contribution in [3.05, 3.63) is 52.8 Å². The molecule has 0 aliphatic heterocycles. The maximum atomic E-state index is 14.8. The Labute approximate surface area is 191 Å². The molecule has 1 aromatic heterocycles. The zero-order valence-corrected chi connectivity index (χ0v) is 18.5. The van der Waals surface area contributed by atoms with Crippen LogP contribution in [0, 0.1) is 0 Å². The number of hydrogen-bond acceptors (Lipinski definition) is 9. The highest BCUT2D eigenvalue weighted by Crippen LogP contribution is 2.36. The number of nitrogens with one attached hydrogen (secondary N) is 1. The fourth-order valence-electron chi connectivity index (χ4n) is 3.16. The number of alkyl halides is 1. The van der Waals surface area contributed by atoms with Crippen LogP contribution in [0.5, 0.6) is 5.75 Å². The highest BCUT2D eigenvalue weighted by Gasteiger charge is 2.37. The molecule has 3 rings (SSSR count). The summed E-state index contributed by atoms with van der Waals surface area (Å²) in [4.78, 5) is 8.40. The van der Waals surface area contributed by atoms with Gasteiger partial charge in [0.1, 0.15) is 42.3 Å².